The van der Waals surface area contributed by atoms with Crippen LogP contribution in [0, 0.1) is 0 Å². The molecule has 0 fully saturated rings. The number of amides is 2. The Balaban J connectivity index is 2.08. The van der Waals surface area contributed by atoms with Crippen molar-refractivity contribution in [1.82, 2.24) is 10.2 Å². The van der Waals surface area contributed by atoms with E-state index < -0.39 is 6.04 Å². The minimum absolute atomic E-state index is 0.0971. The molecule has 0 aliphatic rings. The Morgan fingerprint density at radius 2 is 1.87 bits per heavy atom. The Morgan fingerprint density at radius 1 is 1.13 bits per heavy atom. The molecule has 7 heteroatoms. The van der Waals surface area contributed by atoms with Crippen LogP contribution < -0.4 is 5.32 Å². The lowest BCUT2D eigenvalue weighted by Crippen LogP contribution is -2.48. The fourth-order valence-corrected chi connectivity index (χ4v) is 4.20. The molecule has 0 saturated carbocycles. The van der Waals surface area contributed by atoms with Crippen LogP contribution in [0.1, 0.15) is 37.8 Å². The van der Waals surface area contributed by atoms with Gasteiger partial charge in [0, 0.05) is 28.9 Å². The lowest BCUT2D eigenvalue weighted by molar-refractivity contribution is -0.138. The Morgan fingerprint density at radius 3 is 2.53 bits per heavy atom. The number of unbranched alkanes of at least 4 members (excludes halogenated alkanes) is 1. The molecule has 0 aromatic heterocycles. The first-order valence-electron chi connectivity index (χ1n) is 10.0. The number of benzene rings is 2. The number of thioether (sulfide) groups is 1. The second kappa shape index (κ2) is 12.9. The van der Waals surface area contributed by atoms with Gasteiger partial charge in [-0.3, -0.25) is 9.59 Å². The molecule has 1 atom stereocenters. The van der Waals surface area contributed by atoms with Gasteiger partial charge in [0.1, 0.15) is 6.04 Å². The van der Waals surface area contributed by atoms with Crippen molar-refractivity contribution in [2.24, 2.45) is 0 Å². The lowest BCUT2D eigenvalue weighted by Gasteiger charge is -2.29. The van der Waals surface area contributed by atoms with Gasteiger partial charge >= 0.3 is 0 Å². The molecular weight excluding hydrogens is 439 g/mol. The molecule has 4 nitrogen and oxygen atoms in total. The molecule has 2 aromatic rings. The minimum atomic E-state index is -0.599. The fraction of sp³-hybridized carbons (Fsp3) is 0.391. The summed E-state index contributed by atoms with van der Waals surface area (Å²) < 4.78 is 0. The first-order chi connectivity index (χ1) is 14.4. The number of nitrogens with one attached hydrogen (secondary N) is 1. The lowest BCUT2D eigenvalue weighted by atomic mass is 10.1. The standard InChI is InChI=1S/C23H28Cl2N2O2S/c1-3-4-12-26-23(29)17(2)27(14-19-10-11-20(24)13-21(19)25)22(28)16-30-15-18-8-6-5-7-9-18/h5-11,13,17H,3-4,12,14-16H2,1-2H3,(H,26,29). The topological polar surface area (TPSA) is 49.4 Å². The molecule has 0 aliphatic heterocycles. The quantitative estimate of drug-likeness (QED) is 0.440. The summed E-state index contributed by atoms with van der Waals surface area (Å²) in [5.41, 5.74) is 1.92. The zero-order chi connectivity index (χ0) is 21.9. The molecule has 1 N–H and O–H groups in total. The van der Waals surface area contributed by atoms with E-state index in [1.54, 1.807) is 30.0 Å². The number of nitrogens with zero attached hydrogens (tertiary/aromatic N) is 1. The molecule has 0 aliphatic carbocycles. The number of hydrogen-bond acceptors (Lipinski definition) is 3. The molecule has 2 amide bonds. The van der Waals surface area contributed by atoms with Gasteiger partial charge in [-0.2, -0.15) is 0 Å². The van der Waals surface area contributed by atoms with Crippen LogP contribution in [0.2, 0.25) is 10.0 Å². The van der Waals surface area contributed by atoms with Gasteiger partial charge in [0.15, 0.2) is 0 Å². The number of hydrogen-bond donors (Lipinski definition) is 1. The molecule has 0 saturated heterocycles. The summed E-state index contributed by atoms with van der Waals surface area (Å²) in [6.45, 7) is 4.68. The average molecular weight is 467 g/mol. The molecule has 0 spiro atoms. The van der Waals surface area contributed by atoms with Gasteiger partial charge in [-0.1, -0.05) is 72.9 Å². The number of carbonyl (C=O) groups is 2. The van der Waals surface area contributed by atoms with Gasteiger partial charge in [0.05, 0.1) is 5.75 Å². The first-order valence-corrected chi connectivity index (χ1v) is 12.0. The van der Waals surface area contributed by atoms with Crippen molar-refractivity contribution in [3.8, 4) is 0 Å². The summed E-state index contributed by atoms with van der Waals surface area (Å²) >= 11 is 13.8. The van der Waals surface area contributed by atoms with Gasteiger partial charge < -0.3 is 10.2 Å². The SMILES string of the molecule is CCCCNC(=O)C(C)N(Cc1ccc(Cl)cc1Cl)C(=O)CSCc1ccccc1. The number of halogens is 2. The van der Waals surface area contributed by atoms with Gasteiger partial charge in [-0.15, -0.1) is 11.8 Å². The molecular formula is C23H28Cl2N2O2S. The van der Waals surface area contributed by atoms with Crippen LogP contribution in [0.25, 0.3) is 0 Å². The molecule has 0 heterocycles. The highest BCUT2D eigenvalue weighted by atomic mass is 35.5. The summed E-state index contributed by atoms with van der Waals surface area (Å²) in [6.07, 6.45) is 1.90. The van der Waals surface area contributed by atoms with Gasteiger partial charge in [0.25, 0.3) is 0 Å². The van der Waals surface area contributed by atoms with E-state index in [1.807, 2.05) is 30.3 Å². The van der Waals surface area contributed by atoms with Gasteiger partial charge in [-0.05, 0) is 36.6 Å². The van der Waals surface area contributed by atoms with E-state index in [2.05, 4.69) is 12.2 Å². The highest BCUT2D eigenvalue weighted by molar-refractivity contribution is 7.99. The number of rotatable bonds is 11. The maximum atomic E-state index is 13.0. The molecule has 2 aromatic carbocycles. The number of carbonyl (C=O) groups excluding carboxylic acids is 2. The van der Waals surface area contributed by atoms with Crippen molar-refractivity contribution in [2.45, 2.75) is 45.0 Å². The summed E-state index contributed by atoms with van der Waals surface area (Å²) in [4.78, 5) is 27.3. The molecule has 1 unspecified atom stereocenters. The van der Waals surface area contributed by atoms with Crippen molar-refractivity contribution >= 4 is 46.8 Å². The third-order valence-corrected chi connectivity index (χ3v) is 6.27. The molecule has 162 valence electrons. The average Bonchev–Trinajstić information content (AvgIpc) is 2.73. The van der Waals surface area contributed by atoms with E-state index in [-0.39, 0.29) is 24.1 Å². The van der Waals surface area contributed by atoms with Crippen LogP contribution in [0.3, 0.4) is 0 Å². The van der Waals surface area contributed by atoms with E-state index in [1.165, 1.54) is 11.8 Å². The third kappa shape index (κ3) is 7.86. The Labute approximate surface area is 193 Å². The predicted molar refractivity (Wildman–Crippen MR) is 127 cm³/mol. The van der Waals surface area contributed by atoms with Gasteiger partial charge in [0.2, 0.25) is 11.8 Å². The zero-order valence-electron chi connectivity index (χ0n) is 17.4. The Bertz CT molecular complexity index is 833. The molecule has 0 bridgehead atoms. The summed E-state index contributed by atoms with van der Waals surface area (Å²) in [6, 6.07) is 14.6. The molecule has 30 heavy (non-hydrogen) atoms. The monoisotopic (exact) mass is 466 g/mol. The maximum absolute atomic E-state index is 13.0. The summed E-state index contributed by atoms with van der Waals surface area (Å²) in [5, 5.41) is 3.93. The van der Waals surface area contributed by atoms with Crippen molar-refractivity contribution in [3.63, 3.8) is 0 Å². The van der Waals surface area contributed by atoms with Gasteiger partial charge in [-0.25, -0.2) is 0 Å². The van der Waals surface area contributed by atoms with E-state index in [9.17, 15) is 9.59 Å². The van der Waals surface area contributed by atoms with E-state index in [0.29, 0.717) is 16.6 Å². The summed E-state index contributed by atoms with van der Waals surface area (Å²) in [7, 11) is 0. The fourth-order valence-electron chi connectivity index (χ4n) is 2.87. The minimum Gasteiger partial charge on any atom is -0.354 e. The Hall–Kier alpha value is -1.69. The molecule has 2 rings (SSSR count). The first kappa shape index (κ1) is 24.6. The van der Waals surface area contributed by atoms with Crippen molar-refractivity contribution in [1.29, 1.82) is 0 Å². The molecule has 0 radical (unpaired) electrons. The highest BCUT2D eigenvalue weighted by Gasteiger charge is 2.26. The van der Waals surface area contributed by atoms with Crippen molar-refractivity contribution < 1.29 is 9.59 Å². The van der Waals surface area contributed by atoms with Crippen molar-refractivity contribution in [3.05, 3.63) is 69.7 Å². The third-order valence-electron chi connectivity index (χ3n) is 4.69. The van der Waals surface area contributed by atoms with Crippen LogP contribution >= 0.6 is 35.0 Å². The highest BCUT2D eigenvalue weighted by Crippen LogP contribution is 2.24. The second-order valence-electron chi connectivity index (χ2n) is 7.06. The zero-order valence-corrected chi connectivity index (χ0v) is 19.7. The van der Waals surface area contributed by atoms with E-state index in [0.717, 1.165) is 29.7 Å². The maximum Gasteiger partial charge on any atom is 0.242 e. The van der Waals surface area contributed by atoms with E-state index in [4.69, 9.17) is 23.2 Å². The summed E-state index contributed by atoms with van der Waals surface area (Å²) in [5.74, 6) is 0.765. The van der Waals surface area contributed by atoms with Crippen LogP contribution in [0.5, 0.6) is 0 Å². The van der Waals surface area contributed by atoms with E-state index >= 15 is 0 Å². The normalized spacial score (nSPS) is 11.7. The largest absolute Gasteiger partial charge is 0.354 e. The van der Waals surface area contributed by atoms with Crippen LogP contribution in [0.4, 0.5) is 0 Å². The van der Waals surface area contributed by atoms with Crippen LogP contribution in [-0.4, -0.2) is 35.1 Å². The Kier molecular flexibility index (Phi) is 10.6. The van der Waals surface area contributed by atoms with Crippen LogP contribution in [0.15, 0.2) is 48.5 Å². The smallest absolute Gasteiger partial charge is 0.242 e. The van der Waals surface area contributed by atoms with Crippen LogP contribution in [-0.2, 0) is 21.9 Å². The van der Waals surface area contributed by atoms with Crippen molar-refractivity contribution in [2.75, 3.05) is 12.3 Å². The second-order valence-corrected chi connectivity index (χ2v) is 8.89. The predicted octanol–water partition coefficient (Wildman–Crippen LogP) is 5.56.